The lowest BCUT2D eigenvalue weighted by atomic mass is 9.91. The lowest BCUT2D eigenvalue weighted by Gasteiger charge is -2.32. The molecule has 0 radical (unpaired) electrons. The van der Waals surface area contributed by atoms with E-state index in [1.807, 2.05) is 11.7 Å². The Kier molecular flexibility index (Phi) is 5.25. The van der Waals surface area contributed by atoms with Gasteiger partial charge in [-0.1, -0.05) is 25.4 Å². The van der Waals surface area contributed by atoms with Gasteiger partial charge in [0.15, 0.2) is 0 Å². The van der Waals surface area contributed by atoms with Crippen molar-refractivity contribution in [2.24, 2.45) is 13.0 Å². The van der Waals surface area contributed by atoms with Crippen LogP contribution in [0.4, 0.5) is 0 Å². The summed E-state index contributed by atoms with van der Waals surface area (Å²) in [5.74, 6) is 0.478. The van der Waals surface area contributed by atoms with Gasteiger partial charge in [-0.25, -0.2) is 0 Å². The van der Waals surface area contributed by atoms with Crippen LogP contribution in [0.15, 0.2) is 0 Å². The van der Waals surface area contributed by atoms with Crippen LogP contribution < -0.4 is 5.32 Å². The predicted octanol–water partition coefficient (Wildman–Crippen LogP) is 2.19. The molecule has 5 heteroatoms. The number of nitrogens with zero attached hydrogens (tertiary/aromatic N) is 2. The Labute approximate surface area is 120 Å². The summed E-state index contributed by atoms with van der Waals surface area (Å²) in [5, 5.41) is 8.89. The molecule has 0 bridgehead atoms. The molecule has 19 heavy (non-hydrogen) atoms. The molecule has 0 amide bonds. The average Bonchev–Trinajstić information content (AvgIpc) is 2.68. The van der Waals surface area contributed by atoms with Gasteiger partial charge in [-0.2, -0.15) is 5.10 Å². The second kappa shape index (κ2) is 6.73. The van der Waals surface area contributed by atoms with Crippen LogP contribution in [-0.2, 0) is 24.6 Å². The van der Waals surface area contributed by atoms with Crippen LogP contribution in [0.3, 0.4) is 0 Å². The number of nitrogens with one attached hydrogen (secondary N) is 1. The van der Waals surface area contributed by atoms with Crippen molar-refractivity contribution >= 4 is 11.6 Å². The van der Waals surface area contributed by atoms with Gasteiger partial charge in [0.05, 0.1) is 23.0 Å². The predicted molar refractivity (Wildman–Crippen MR) is 77.7 cm³/mol. The molecule has 4 nitrogen and oxygen atoms in total. The minimum atomic E-state index is 0.478. The van der Waals surface area contributed by atoms with Crippen LogP contribution in [0.2, 0.25) is 5.02 Å². The van der Waals surface area contributed by atoms with E-state index in [1.165, 1.54) is 0 Å². The second-order valence-corrected chi connectivity index (χ2v) is 5.55. The van der Waals surface area contributed by atoms with Gasteiger partial charge < -0.3 is 10.1 Å². The van der Waals surface area contributed by atoms with E-state index in [4.69, 9.17) is 16.3 Å². The van der Waals surface area contributed by atoms with Gasteiger partial charge >= 0.3 is 0 Å². The Morgan fingerprint density at radius 1 is 1.47 bits per heavy atom. The molecule has 0 saturated carbocycles. The van der Waals surface area contributed by atoms with Crippen molar-refractivity contribution in [2.45, 2.75) is 39.2 Å². The molecule has 2 unspecified atom stereocenters. The quantitative estimate of drug-likeness (QED) is 0.901. The fourth-order valence-corrected chi connectivity index (χ4v) is 3.19. The van der Waals surface area contributed by atoms with Crippen LogP contribution in [0.5, 0.6) is 0 Å². The maximum atomic E-state index is 6.43. The number of aryl methyl sites for hydroxylation is 2. The summed E-state index contributed by atoms with van der Waals surface area (Å²) in [5.41, 5.74) is 2.13. The second-order valence-electron chi connectivity index (χ2n) is 5.18. The highest BCUT2D eigenvalue weighted by Crippen LogP contribution is 2.26. The first-order valence-corrected chi connectivity index (χ1v) is 7.56. The van der Waals surface area contributed by atoms with E-state index in [-0.39, 0.29) is 0 Å². The molecule has 0 aliphatic carbocycles. The molecular formula is C14H24ClN3O. The van der Waals surface area contributed by atoms with E-state index in [2.05, 4.69) is 24.3 Å². The maximum Gasteiger partial charge on any atom is 0.0849 e. The summed E-state index contributed by atoms with van der Waals surface area (Å²) in [6.45, 7) is 6.90. The molecule has 2 heterocycles. The summed E-state index contributed by atoms with van der Waals surface area (Å²) >= 11 is 6.43. The maximum absolute atomic E-state index is 6.43. The van der Waals surface area contributed by atoms with Crippen molar-refractivity contribution in [2.75, 3.05) is 19.8 Å². The fourth-order valence-electron chi connectivity index (χ4n) is 2.82. The summed E-state index contributed by atoms with van der Waals surface area (Å²) in [6, 6.07) is 0.523. The van der Waals surface area contributed by atoms with Gasteiger partial charge in [-0.3, -0.25) is 4.68 Å². The smallest absolute Gasteiger partial charge is 0.0849 e. The van der Waals surface area contributed by atoms with Crippen LogP contribution in [0.1, 0.15) is 31.7 Å². The molecule has 2 rings (SSSR count). The van der Waals surface area contributed by atoms with Crippen LogP contribution in [-0.4, -0.2) is 35.6 Å². The Bertz CT molecular complexity index is 417. The van der Waals surface area contributed by atoms with E-state index < -0.39 is 0 Å². The Hall–Kier alpha value is -0.580. The minimum Gasteiger partial charge on any atom is -0.381 e. The van der Waals surface area contributed by atoms with Gasteiger partial charge in [0.1, 0.15) is 0 Å². The fraction of sp³-hybridized carbons (Fsp3) is 0.786. The molecule has 0 spiro atoms. The van der Waals surface area contributed by atoms with Crippen LogP contribution in [0, 0.1) is 5.92 Å². The van der Waals surface area contributed by atoms with Gasteiger partial charge in [-0.05, 0) is 25.8 Å². The number of hydrogen-bond acceptors (Lipinski definition) is 3. The van der Waals surface area contributed by atoms with E-state index in [9.17, 15) is 0 Å². The van der Waals surface area contributed by atoms with Crippen molar-refractivity contribution in [1.29, 1.82) is 0 Å². The van der Waals surface area contributed by atoms with E-state index in [1.54, 1.807) is 0 Å². The Balaban J connectivity index is 2.12. The van der Waals surface area contributed by atoms with Crippen molar-refractivity contribution in [3.63, 3.8) is 0 Å². The molecule has 1 aromatic heterocycles. The number of rotatable bonds is 5. The normalized spacial score (nSPS) is 23.8. The molecule has 1 N–H and O–H groups in total. The van der Waals surface area contributed by atoms with Crippen LogP contribution in [0.25, 0.3) is 0 Å². The topological polar surface area (TPSA) is 39.1 Å². The molecule has 1 aromatic rings. The van der Waals surface area contributed by atoms with E-state index >= 15 is 0 Å². The Morgan fingerprint density at radius 3 is 2.89 bits per heavy atom. The molecule has 1 aliphatic heterocycles. The zero-order valence-electron chi connectivity index (χ0n) is 12.1. The lowest BCUT2D eigenvalue weighted by Crippen LogP contribution is -2.43. The number of aromatic nitrogens is 2. The molecule has 1 fully saturated rings. The van der Waals surface area contributed by atoms with Crippen molar-refractivity contribution < 1.29 is 4.74 Å². The number of ether oxygens (including phenoxy) is 1. The first-order valence-electron chi connectivity index (χ1n) is 7.18. The van der Waals surface area contributed by atoms with Gasteiger partial charge in [0.25, 0.3) is 0 Å². The van der Waals surface area contributed by atoms with Gasteiger partial charge in [0, 0.05) is 25.6 Å². The zero-order valence-corrected chi connectivity index (χ0v) is 12.8. The third-order valence-electron chi connectivity index (χ3n) is 3.90. The summed E-state index contributed by atoms with van der Waals surface area (Å²) in [7, 11) is 1.98. The molecular weight excluding hydrogens is 262 g/mol. The molecule has 0 aromatic carbocycles. The summed E-state index contributed by atoms with van der Waals surface area (Å²) < 4.78 is 7.56. The third-order valence-corrected chi connectivity index (χ3v) is 4.34. The monoisotopic (exact) mass is 285 g/mol. The standard InChI is InChI=1S/C14H24ClN3O/c1-4-11-14(15)13(18(3)17-11)8-10-9-19-7-6-12(10)16-5-2/h10,12,16H,4-9H2,1-3H3. The Morgan fingerprint density at radius 2 is 2.26 bits per heavy atom. The van der Waals surface area contributed by atoms with E-state index in [0.717, 1.165) is 55.4 Å². The largest absolute Gasteiger partial charge is 0.381 e. The van der Waals surface area contributed by atoms with Crippen molar-refractivity contribution in [3.05, 3.63) is 16.4 Å². The average molecular weight is 286 g/mol. The van der Waals surface area contributed by atoms with Crippen LogP contribution >= 0.6 is 11.6 Å². The first-order chi connectivity index (χ1) is 9.17. The lowest BCUT2D eigenvalue weighted by molar-refractivity contribution is 0.0320. The zero-order chi connectivity index (χ0) is 13.8. The number of halogens is 1. The van der Waals surface area contributed by atoms with Gasteiger partial charge in [0.2, 0.25) is 0 Å². The van der Waals surface area contributed by atoms with Crippen molar-refractivity contribution in [1.82, 2.24) is 15.1 Å². The SMILES string of the molecule is CCNC1CCOCC1Cc1c(Cl)c(CC)nn1C. The third kappa shape index (κ3) is 3.30. The van der Waals surface area contributed by atoms with E-state index in [0.29, 0.717) is 12.0 Å². The molecule has 108 valence electrons. The molecule has 1 aliphatic rings. The highest BCUT2D eigenvalue weighted by molar-refractivity contribution is 6.31. The number of hydrogen-bond donors (Lipinski definition) is 1. The highest BCUT2D eigenvalue weighted by atomic mass is 35.5. The minimum absolute atomic E-state index is 0.478. The summed E-state index contributed by atoms with van der Waals surface area (Å²) in [6.07, 6.45) is 2.89. The summed E-state index contributed by atoms with van der Waals surface area (Å²) in [4.78, 5) is 0. The first kappa shape index (κ1) is 14.8. The highest BCUT2D eigenvalue weighted by Gasteiger charge is 2.27. The van der Waals surface area contributed by atoms with Gasteiger partial charge in [-0.15, -0.1) is 0 Å². The molecule has 1 saturated heterocycles. The molecule has 2 atom stereocenters. The van der Waals surface area contributed by atoms with Crippen molar-refractivity contribution in [3.8, 4) is 0 Å².